The molecular weight excluding hydrogens is 594 g/mol. The number of nitrogen functional groups attached to an aromatic ring is 1. The number of nitrogens with two attached hydrogens (primary N) is 1. The number of ether oxygens (including phenoxy) is 1. The topological polar surface area (TPSA) is 137 Å². The molecule has 1 unspecified atom stereocenters. The van der Waals surface area contributed by atoms with E-state index in [2.05, 4.69) is 25.5 Å². The first kappa shape index (κ1) is 30.9. The van der Waals surface area contributed by atoms with Crippen LogP contribution in [0.2, 0.25) is 0 Å². The molecular formula is C31H27F4N7O3. The molecule has 0 spiro atoms. The van der Waals surface area contributed by atoms with Crippen molar-refractivity contribution < 1.29 is 31.9 Å². The minimum Gasteiger partial charge on any atom is -0.449 e. The molecule has 0 aliphatic rings. The van der Waals surface area contributed by atoms with Gasteiger partial charge < -0.3 is 21.1 Å². The molecule has 3 aromatic carbocycles. The van der Waals surface area contributed by atoms with Crippen LogP contribution in [-0.2, 0) is 27.8 Å². The van der Waals surface area contributed by atoms with Gasteiger partial charge in [0.15, 0.2) is 18.3 Å². The molecule has 0 saturated carbocycles. The highest BCUT2D eigenvalue weighted by Gasteiger charge is 2.41. The number of hydrogen-bond acceptors (Lipinski definition) is 8. The Bertz CT molecular complexity index is 1890. The van der Waals surface area contributed by atoms with E-state index in [9.17, 15) is 22.8 Å². The summed E-state index contributed by atoms with van der Waals surface area (Å²) in [7, 11) is 1.66. The summed E-state index contributed by atoms with van der Waals surface area (Å²) in [5.41, 5.74) is 8.61. The fourth-order valence-electron chi connectivity index (χ4n) is 4.69. The van der Waals surface area contributed by atoms with Crippen molar-refractivity contribution in [2.24, 2.45) is 7.05 Å². The summed E-state index contributed by atoms with van der Waals surface area (Å²) in [4.78, 5) is 31.9. The average Bonchev–Trinajstić information content (AvgIpc) is 3.40. The lowest BCUT2D eigenvalue weighted by atomic mass is 10.0. The van der Waals surface area contributed by atoms with E-state index in [1.54, 1.807) is 37.5 Å². The third kappa shape index (κ3) is 7.00. The van der Waals surface area contributed by atoms with E-state index in [0.717, 1.165) is 16.3 Å². The summed E-state index contributed by atoms with van der Waals surface area (Å²) >= 11 is 0. The second-order valence-electron chi connectivity index (χ2n) is 10.0. The van der Waals surface area contributed by atoms with Gasteiger partial charge in [-0.15, -0.1) is 0 Å². The van der Waals surface area contributed by atoms with Crippen LogP contribution in [0.25, 0.3) is 22.2 Å². The van der Waals surface area contributed by atoms with E-state index in [0.29, 0.717) is 34.9 Å². The number of esters is 1. The molecule has 45 heavy (non-hydrogen) atoms. The van der Waals surface area contributed by atoms with Gasteiger partial charge in [-0.2, -0.15) is 18.3 Å². The molecule has 0 aliphatic heterocycles. The minimum atomic E-state index is -5.21. The van der Waals surface area contributed by atoms with Gasteiger partial charge in [0.1, 0.15) is 17.7 Å². The van der Waals surface area contributed by atoms with E-state index in [1.807, 2.05) is 31.2 Å². The number of fused-ring (bicyclic) bond motifs is 1. The Morgan fingerprint density at radius 3 is 2.60 bits per heavy atom. The standard InChI is InChI=1S/C31H27F4N7O3/c1-3-17-7-10-24(32)23(13-17)26(39-21-8-9-22-18(14-21)11-12-37-27(22)36)29-40-28(41-42(29)2)19-5-4-6-20(15-19)38-25(43)16-45-30(44)31(33,34)35/h4-15,26,39H,3,16H2,1-2H3,(H2,36,37)(H,38,43). The molecule has 14 heteroatoms. The first-order chi connectivity index (χ1) is 21.4. The Morgan fingerprint density at radius 2 is 1.84 bits per heavy atom. The van der Waals surface area contributed by atoms with Crippen LogP contribution in [-0.4, -0.2) is 44.4 Å². The van der Waals surface area contributed by atoms with Crippen molar-refractivity contribution in [2.75, 3.05) is 23.0 Å². The molecule has 2 aromatic heterocycles. The van der Waals surface area contributed by atoms with Crippen molar-refractivity contribution >= 4 is 39.8 Å². The van der Waals surface area contributed by atoms with Crippen molar-refractivity contribution in [1.29, 1.82) is 0 Å². The second-order valence-corrected chi connectivity index (χ2v) is 10.0. The molecule has 232 valence electrons. The number of alkyl halides is 3. The SMILES string of the molecule is CCc1ccc(F)c(C(Nc2ccc3c(N)nccc3c2)c2nc(-c3cccc(NC(=O)COC(=O)C(F)(F)F)c3)nn2C)c1. The fourth-order valence-corrected chi connectivity index (χ4v) is 4.69. The molecule has 0 radical (unpaired) electrons. The zero-order chi connectivity index (χ0) is 32.3. The van der Waals surface area contributed by atoms with Crippen LogP contribution in [0.4, 0.5) is 34.8 Å². The highest BCUT2D eigenvalue weighted by Crippen LogP contribution is 2.32. The lowest BCUT2D eigenvalue weighted by Crippen LogP contribution is -2.29. The number of pyridine rings is 1. The number of nitrogens with one attached hydrogen (secondary N) is 2. The molecule has 2 heterocycles. The largest absolute Gasteiger partial charge is 0.490 e. The lowest BCUT2D eigenvalue weighted by Gasteiger charge is -2.21. The Balaban J connectivity index is 1.46. The first-order valence-corrected chi connectivity index (χ1v) is 13.7. The molecule has 5 rings (SSSR count). The number of anilines is 3. The van der Waals surface area contributed by atoms with Gasteiger partial charge in [-0.25, -0.2) is 19.2 Å². The first-order valence-electron chi connectivity index (χ1n) is 13.7. The smallest absolute Gasteiger partial charge is 0.449 e. The molecule has 5 aromatic rings. The number of halogens is 4. The Labute approximate surface area is 254 Å². The number of benzene rings is 3. The predicted octanol–water partition coefficient (Wildman–Crippen LogP) is 5.56. The van der Waals surface area contributed by atoms with Gasteiger partial charge in [-0.1, -0.05) is 31.2 Å². The summed E-state index contributed by atoms with van der Waals surface area (Å²) in [5, 5.41) is 11.9. The minimum absolute atomic E-state index is 0.204. The maximum atomic E-state index is 15.4. The van der Waals surface area contributed by atoms with Crippen LogP contribution in [0.15, 0.2) is 72.9 Å². The Hall–Kier alpha value is -5.53. The maximum absolute atomic E-state index is 15.4. The summed E-state index contributed by atoms with van der Waals surface area (Å²) in [5.74, 6) is -2.88. The monoisotopic (exact) mass is 621 g/mol. The van der Waals surface area contributed by atoms with Gasteiger partial charge in [0.2, 0.25) is 0 Å². The van der Waals surface area contributed by atoms with Gasteiger partial charge in [0, 0.05) is 41.1 Å². The van der Waals surface area contributed by atoms with Crippen LogP contribution in [0.5, 0.6) is 0 Å². The molecule has 0 fully saturated rings. The Morgan fingerprint density at radius 1 is 1.04 bits per heavy atom. The Kier molecular flexibility index (Phi) is 8.66. The van der Waals surface area contributed by atoms with Crippen LogP contribution >= 0.6 is 0 Å². The summed E-state index contributed by atoms with van der Waals surface area (Å²) in [6.07, 6.45) is -2.93. The third-order valence-corrected chi connectivity index (χ3v) is 6.91. The highest BCUT2D eigenvalue weighted by atomic mass is 19.4. The van der Waals surface area contributed by atoms with Gasteiger partial charge in [-0.05, 0) is 59.8 Å². The molecule has 0 saturated heterocycles. The zero-order valence-corrected chi connectivity index (χ0v) is 24.0. The van der Waals surface area contributed by atoms with Crippen molar-refractivity contribution in [1.82, 2.24) is 19.7 Å². The van der Waals surface area contributed by atoms with Crippen LogP contribution < -0.4 is 16.4 Å². The predicted molar refractivity (Wildman–Crippen MR) is 159 cm³/mol. The van der Waals surface area contributed by atoms with E-state index in [1.165, 1.54) is 22.9 Å². The fraction of sp³-hybridized carbons (Fsp3) is 0.194. The van der Waals surface area contributed by atoms with Crippen molar-refractivity contribution in [3.8, 4) is 11.4 Å². The number of nitrogens with zero attached hydrogens (tertiary/aromatic N) is 4. The van der Waals surface area contributed by atoms with E-state index >= 15 is 4.39 Å². The lowest BCUT2D eigenvalue weighted by molar-refractivity contribution is -0.199. The van der Waals surface area contributed by atoms with Gasteiger partial charge in [0.25, 0.3) is 5.91 Å². The normalized spacial score (nSPS) is 12.1. The molecule has 4 N–H and O–H groups in total. The number of hydrogen-bond donors (Lipinski definition) is 3. The summed E-state index contributed by atoms with van der Waals surface area (Å²) < 4.78 is 58.0. The van der Waals surface area contributed by atoms with Crippen molar-refractivity contribution in [3.63, 3.8) is 0 Å². The van der Waals surface area contributed by atoms with Crippen molar-refractivity contribution in [2.45, 2.75) is 25.6 Å². The number of carbonyl (C=O) groups excluding carboxylic acids is 2. The summed E-state index contributed by atoms with van der Waals surface area (Å²) in [6, 6.07) is 17.7. The zero-order valence-electron chi connectivity index (χ0n) is 24.0. The quantitative estimate of drug-likeness (QED) is 0.144. The average molecular weight is 622 g/mol. The van der Waals surface area contributed by atoms with E-state index in [4.69, 9.17) is 10.7 Å². The number of aromatic nitrogens is 4. The summed E-state index contributed by atoms with van der Waals surface area (Å²) in [6.45, 7) is 0.843. The van der Waals surface area contributed by atoms with Crippen molar-refractivity contribution in [3.05, 3.63) is 95.7 Å². The maximum Gasteiger partial charge on any atom is 0.490 e. The highest BCUT2D eigenvalue weighted by molar-refractivity contribution is 5.94. The van der Waals surface area contributed by atoms with Crippen LogP contribution in [0.1, 0.15) is 29.9 Å². The van der Waals surface area contributed by atoms with Gasteiger partial charge in [-0.3, -0.25) is 9.48 Å². The third-order valence-electron chi connectivity index (χ3n) is 6.91. The molecule has 10 nitrogen and oxygen atoms in total. The number of rotatable bonds is 9. The number of carbonyl (C=O) groups is 2. The number of amides is 1. The molecule has 0 bridgehead atoms. The van der Waals surface area contributed by atoms with Crippen LogP contribution in [0, 0.1) is 5.82 Å². The van der Waals surface area contributed by atoms with Gasteiger partial charge in [0.05, 0.1) is 0 Å². The molecule has 1 amide bonds. The van der Waals surface area contributed by atoms with Gasteiger partial charge >= 0.3 is 12.1 Å². The number of aryl methyl sites for hydroxylation is 2. The molecule has 1 atom stereocenters. The second kappa shape index (κ2) is 12.6. The van der Waals surface area contributed by atoms with Crippen LogP contribution in [0.3, 0.4) is 0 Å². The van der Waals surface area contributed by atoms with E-state index < -0.39 is 36.5 Å². The van der Waals surface area contributed by atoms with E-state index in [-0.39, 0.29) is 11.5 Å². The molecule has 0 aliphatic carbocycles.